The Morgan fingerprint density at radius 2 is 1.04 bits per heavy atom. The van der Waals surface area contributed by atoms with E-state index in [0.29, 0.717) is 6.42 Å². The van der Waals surface area contributed by atoms with Crippen molar-refractivity contribution in [3.8, 4) is 0 Å². The molecule has 0 aromatic rings. The van der Waals surface area contributed by atoms with Crippen molar-refractivity contribution in [1.82, 2.24) is 0 Å². The van der Waals surface area contributed by atoms with Gasteiger partial charge in [-0.15, -0.1) is 0 Å². The van der Waals surface area contributed by atoms with Crippen LogP contribution in [-0.2, 0) is 10.1 Å². The minimum Gasteiger partial charge on any atom is -0.748 e. The van der Waals surface area contributed by atoms with Crippen molar-refractivity contribution in [2.24, 2.45) is 0 Å². The van der Waals surface area contributed by atoms with Gasteiger partial charge >= 0.3 is 29.6 Å². The van der Waals surface area contributed by atoms with Crippen LogP contribution in [0.4, 0.5) is 0 Å². The van der Waals surface area contributed by atoms with Gasteiger partial charge in [0.1, 0.15) is 0 Å². The summed E-state index contributed by atoms with van der Waals surface area (Å²) in [4.78, 5) is 0. The molecule has 26 heavy (non-hydrogen) atoms. The first-order valence-corrected chi connectivity index (χ1v) is 12.1. The summed E-state index contributed by atoms with van der Waals surface area (Å²) in [5.74, 6) is -0.224. The molecule has 0 aromatic carbocycles. The van der Waals surface area contributed by atoms with E-state index in [1.165, 1.54) is 44.9 Å². The maximum absolute atomic E-state index is 10.5. The van der Waals surface area contributed by atoms with Crippen molar-refractivity contribution >= 4 is 10.1 Å². The van der Waals surface area contributed by atoms with Crippen LogP contribution in [-0.4, -0.2) is 29.9 Å². The molecule has 152 valence electrons. The van der Waals surface area contributed by atoms with E-state index in [1.54, 1.807) is 0 Å². The second kappa shape index (κ2) is 20.6. The van der Waals surface area contributed by atoms with Gasteiger partial charge in [-0.25, -0.2) is 8.42 Å². The maximum atomic E-state index is 10.5. The van der Waals surface area contributed by atoms with Gasteiger partial charge in [0.25, 0.3) is 0 Å². The van der Waals surface area contributed by atoms with Crippen LogP contribution >= 0.6 is 0 Å². The van der Waals surface area contributed by atoms with E-state index in [0.717, 1.165) is 57.8 Å². The smallest absolute Gasteiger partial charge is 0.748 e. The first kappa shape index (κ1) is 29.1. The summed E-state index contributed by atoms with van der Waals surface area (Å²) in [5, 5.41) is 9.98. The fraction of sp³-hybridized carbons (Fsp3) is 1.00. The topological polar surface area (TPSA) is 77.4 Å². The van der Waals surface area contributed by atoms with Gasteiger partial charge in [-0.3, -0.25) is 0 Å². The van der Waals surface area contributed by atoms with E-state index < -0.39 is 10.1 Å². The molecule has 0 spiro atoms. The summed E-state index contributed by atoms with van der Waals surface area (Å²) in [7, 11) is -4.03. The quantitative estimate of drug-likeness (QED) is 0.205. The molecule has 0 saturated heterocycles. The molecule has 6 heteroatoms. The number of aliphatic hydroxyl groups is 1. The van der Waals surface area contributed by atoms with E-state index in [2.05, 4.69) is 6.92 Å². The van der Waals surface area contributed by atoms with Gasteiger partial charge in [-0.1, -0.05) is 96.8 Å². The van der Waals surface area contributed by atoms with Crippen LogP contribution in [0.25, 0.3) is 0 Å². The molecule has 4 nitrogen and oxygen atoms in total. The average Bonchev–Trinajstić information content (AvgIpc) is 2.54. The molecule has 0 radical (unpaired) electrons. The molecular weight excluding hydrogens is 359 g/mol. The predicted molar refractivity (Wildman–Crippen MR) is 105 cm³/mol. The maximum Gasteiger partial charge on any atom is 1.00 e. The standard InChI is InChI=1S/C20H42O4S.Na/c1-2-3-4-5-6-8-11-14-17-20(21)18-15-12-9-7-10-13-16-19-25(22,23)24;/h20-21H,2-19H2,1H3,(H,22,23,24);/q;+1/p-1. The first-order valence-electron chi connectivity index (χ1n) is 10.6. The SMILES string of the molecule is CCCCCCCCCCC(O)CCCCCCCCCS(=O)(=O)[O-].[Na+]. The Hall–Kier alpha value is 0.870. The number of hydrogen-bond donors (Lipinski definition) is 1. The fourth-order valence-corrected chi connectivity index (χ4v) is 3.76. The largest absolute Gasteiger partial charge is 1.00 e. The number of aliphatic hydroxyl groups excluding tert-OH is 1. The monoisotopic (exact) mass is 400 g/mol. The van der Waals surface area contributed by atoms with Crippen LogP contribution in [0, 0.1) is 0 Å². The van der Waals surface area contributed by atoms with Gasteiger partial charge < -0.3 is 9.66 Å². The first-order chi connectivity index (χ1) is 12.0. The second-order valence-electron chi connectivity index (χ2n) is 7.44. The third kappa shape index (κ3) is 24.9. The zero-order chi connectivity index (χ0) is 18.8. The van der Waals surface area contributed by atoms with Gasteiger partial charge in [0.05, 0.1) is 16.2 Å². The summed E-state index contributed by atoms with van der Waals surface area (Å²) in [6, 6.07) is 0. The Morgan fingerprint density at radius 1 is 0.692 bits per heavy atom. The van der Waals surface area contributed by atoms with Crippen LogP contribution in [0.15, 0.2) is 0 Å². The Kier molecular flexibility index (Phi) is 23.0. The van der Waals surface area contributed by atoms with E-state index in [4.69, 9.17) is 0 Å². The minimum atomic E-state index is -4.03. The zero-order valence-corrected chi connectivity index (χ0v) is 20.2. The summed E-state index contributed by atoms with van der Waals surface area (Å²) >= 11 is 0. The van der Waals surface area contributed by atoms with Crippen LogP contribution in [0.5, 0.6) is 0 Å². The van der Waals surface area contributed by atoms with Gasteiger partial charge in [-0.2, -0.15) is 0 Å². The molecular formula is C20H41NaO4S. The molecule has 0 aliphatic heterocycles. The molecule has 0 aliphatic carbocycles. The summed E-state index contributed by atoms with van der Waals surface area (Å²) in [6.45, 7) is 2.24. The second-order valence-corrected chi connectivity index (χ2v) is 8.97. The fourth-order valence-electron chi connectivity index (χ4n) is 3.20. The van der Waals surface area contributed by atoms with E-state index in [-0.39, 0.29) is 41.4 Å². The molecule has 0 saturated carbocycles. The summed E-state index contributed by atoms with van der Waals surface area (Å²) < 4.78 is 31.4. The molecule has 0 aromatic heterocycles. The number of hydrogen-bond acceptors (Lipinski definition) is 4. The molecule has 1 N–H and O–H groups in total. The molecule has 1 unspecified atom stereocenters. The predicted octanol–water partition coefficient (Wildman–Crippen LogP) is 2.55. The Balaban J connectivity index is 0. The summed E-state index contributed by atoms with van der Waals surface area (Å²) in [6.07, 6.45) is 18.9. The zero-order valence-electron chi connectivity index (χ0n) is 17.4. The van der Waals surface area contributed by atoms with Gasteiger partial charge in [0.15, 0.2) is 0 Å². The van der Waals surface area contributed by atoms with Gasteiger partial charge in [-0.05, 0) is 19.3 Å². The van der Waals surface area contributed by atoms with Crippen LogP contribution < -0.4 is 29.6 Å². The van der Waals surface area contributed by atoms with Crippen molar-refractivity contribution in [2.45, 2.75) is 122 Å². The molecule has 0 heterocycles. The van der Waals surface area contributed by atoms with Gasteiger partial charge in [0.2, 0.25) is 0 Å². The van der Waals surface area contributed by atoms with Crippen molar-refractivity contribution in [1.29, 1.82) is 0 Å². The summed E-state index contributed by atoms with van der Waals surface area (Å²) in [5.41, 5.74) is 0. The van der Waals surface area contributed by atoms with Crippen LogP contribution in [0.2, 0.25) is 0 Å². The third-order valence-corrected chi connectivity index (χ3v) is 5.61. The Bertz CT molecular complexity index is 374. The van der Waals surface area contributed by atoms with Crippen molar-refractivity contribution in [2.75, 3.05) is 5.75 Å². The van der Waals surface area contributed by atoms with Crippen LogP contribution in [0.1, 0.15) is 116 Å². The molecule has 0 aliphatic rings. The van der Waals surface area contributed by atoms with Crippen LogP contribution in [0.3, 0.4) is 0 Å². The van der Waals surface area contributed by atoms with Crippen molar-refractivity contribution < 1.29 is 47.6 Å². The van der Waals surface area contributed by atoms with Crippen molar-refractivity contribution in [3.05, 3.63) is 0 Å². The van der Waals surface area contributed by atoms with E-state index in [9.17, 15) is 18.1 Å². The Morgan fingerprint density at radius 3 is 1.42 bits per heavy atom. The third-order valence-electron chi connectivity index (χ3n) is 4.82. The Labute approximate surface area is 185 Å². The molecule has 0 amide bonds. The molecule has 0 rings (SSSR count). The molecule has 1 atom stereocenters. The normalized spacial score (nSPS) is 12.7. The number of rotatable bonds is 19. The van der Waals surface area contributed by atoms with Gasteiger partial charge in [0, 0.05) is 5.75 Å². The van der Waals surface area contributed by atoms with Crippen molar-refractivity contribution in [3.63, 3.8) is 0 Å². The van der Waals surface area contributed by atoms with E-state index in [1.807, 2.05) is 0 Å². The molecule has 0 bridgehead atoms. The molecule has 0 fully saturated rings. The van der Waals surface area contributed by atoms with E-state index >= 15 is 0 Å². The minimum absolute atomic E-state index is 0. The average molecular weight is 401 g/mol. The number of unbranched alkanes of at least 4 members (excludes halogenated alkanes) is 13.